The van der Waals surface area contributed by atoms with E-state index in [1.165, 1.54) is 36.4 Å². The zero-order valence-corrected chi connectivity index (χ0v) is 14.7. The van der Waals surface area contributed by atoms with Crippen LogP contribution in [0.25, 0.3) is 0 Å². The fourth-order valence-corrected chi connectivity index (χ4v) is 2.14. The molecule has 1 atom stereocenters. The number of Topliss-reactive ketones (excluding diaryl/α,β-unsaturated/α-hetero) is 1. The van der Waals surface area contributed by atoms with Crippen LogP contribution in [0.1, 0.15) is 47.7 Å². The van der Waals surface area contributed by atoms with Crippen molar-refractivity contribution in [2.75, 3.05) is 0 Å². The maximum absolute atomic E-state index is 12.5. The van der Waals surface area contributed by atoms with Gasteiger partial charge in [0, 0.05) is 12.0 Å². The molecule has 2 aromatic carbocycles. The third kappa shape index (κ3) is 7.99. The van der Waals surface area contributed by atoms with Crippen LogP contribution in [0.2, 0.25) is 0 Å². The molecular weight excluding hydrogens is 334 g/mol. The zero-order valence-electron chi connectivity index (χ0n) is 14.7. The van der Waals surface area contributed by atoms with E-state index in [2.05, 4.69) is 13.2 Å². The Labute approximate surface area is 153 Å². The summed E-state index contributed by atoms with van der Waals surface area (Å²) < 4.78 is 25.0. The lowest BCUT2D eigenvalue weighted by Gasteiger charge is -2.08. The number of allylic oxidation sites excluding steroid dienone is 2. The van der Waals surface area contributed by atoms with E-state index in [1.54, 1.807) is 24.3 Å². The first-order valence-corrected chi connectivity index (χ1v) is 8.42. The van der Waals surface area contributed by atoms with Crippen LogP contribution in [-0.4, -0.2) is 10.9 Å². The van der Waals surface area contributed by atoms with Gasteiger partial charge in [-0.15, -0.1) is 13.2 Å². The van der Waals surface area contributed by atoms with Crippen molar-refractivity contribution >= 4 is 5.78 Å². The minimum absolute atomic E-state index is 0.0277. The highest BCUT2D eigenvalue weighted by Gasteiger charge is 2.05. The van der Waals surface area contributed by atoms with Gasteiger partial charge in [-0.25, -0.2) is 8.78 Å². The Morgan fingerprint density at radius 2 is 1.42 bits per heavy atom. The van der Waals surface area contributed by atoms with Crippen molar-refractivity contribution in [2.45, 2.75) is 31.8 Å². The minimum Gasteiger partial charge on any atom is -0.388 e. The summed E-state index contributed by atoms with van der Waals surface area (Å²) in [6.45, 7) is 7.10. The molecule has 0 spiro atoms. The molecular formula is C22H24F2O2. The SMILES string of the molecule is C=CCCC(=O)c1ccc(F)cc1.C=CCCC(O)c1ccc(F)cc1. The molecule has 0 fully saturated rings. The van der Waals surface area contributed by atoms with Crippen molar-refractivity contribution in [3.05, 3.63) is 96.6 Å². The number of halogens is 2. The number of aliphatic hydroxyl groups is 1. The second-order valence-corrected chi connectivity index (χ2v) is 5.69. The van der Waals surface area contributed by atoms with E-state index in [-0.39, 0.29) is 17.4 Å². The number of ketones is 1. The Bertz CT molecular complexity index is 691. The first-order valence-electron chi connectivity index (χ1n) is 8.42. The standard InChI is InChI=1S/C11H13FO.C11H11FO/c2*1-2-3-4-11(13)9-5-7-10(12)8-6-9/h2,5-8,11,13H,1,3-4H2;2,5-8H,1,3-4H2. The summed E-state index contributed by atoms with van der Waals surface area (Å²) >= 11 is 0. The summed E-state index contributed by atoms with van der Waals surface area (Å²) in [6, 6.07) is 11.5. The molecule has 1 N–H and O–H groups in total. The van der Waals surface area contributed by atoms with Gasteiger partial charge in [0.25, 0.3) is 0 Å². The first-order chi connectivity index (χ1) is 12.5. The number of benzene rings is 2. The molecule has 0 saturated heterocycles. The molecule has 0 aliphatic rings. The second-order valence-electron chi connectivity index (χ2n) is 5.69. The van der Waals surface area contributed by atoms with Gasteiger partial charge in [-0.3, -0.25) is 4.79 Å². The van der Waals surface area contributed by atoms with Gasteiger partial charge in [-0.05, 0) is 61.2 Å². The van der Waals surface area contributed by atoms with Crippen molar-refractivity contribution in [2.24, 2.45) is 0 Å². The first kappa shape index (κ1) is 21.5. The van der Waals surface area contributed by atoms with Crippen LogP contribution < -0.4 is 0 Å². The molecule has 138 valence electrons. The minimum atomic E-state index is -0.515. The second kappa shape index (κ2) is 11.9. The molecule has 0 radical (unpaired) electrons. The molecule has 0 amide bonds. The molecule has 0 heterocycles. The number of carbonyl (C=O) groups excluding carboxylic acids is 1. The van der Waals surface area contributed by atoms with E-state index in [4.69, 9.17) is 0 Å². The van der Waals surface area contributed by atoms with Crippen LogP contribution >= 0.6 is 0 Å². The van der Waals surface area contributed by atoms with Gasteiger partial charge in [0.1, 0.15) is 11.6 Å². The van der Waals surface area contributed by atoms with Crippen LogP contribution in [0, 0.1) is 11.6 Å². The van der Waals surface area contributed by atoms with Gasteiger partial charge in [0.2, 0.25) is 0 Å². The van der Waals surface area contributed by atoms with Crippen molar-refractivity contribution in [1.82, 2.24) is 0 Å². The summed E-state index contributed by atoms with van der Waals surface area (Å²) in [5.74, 6) is -0.570. The molecule has 4 heteroatoms. The fourth-order valence-electron chi connectivity index (χ4n) is 2.14. The molecule has 2 aromatic rings. The lowest BCUT2D eigenvalue weighted by Crippen LogP contribution is -1.97. The van der Waals surface area contributed by atoms with Crippen LogP contribution in [-0.2, 0) is 0 Å². The van der Waals surface area contributed by atoms with E-state index in [1.807, 2.05) is 0 Å². The van der Waals surface area contributed by atoms with E-state index in [9.17, 15) is 18.7 Å². The molecule has 2 nitrogen and oxygen atoms in total. The normalized spacial score (nSPS) is 11.0. The Balaban J connectivity index is 0.000000260. The molecule has 2 rings (SSSR count). The van der Waals surface area contributed by atoms with Gasteiger partial charge in [-0.2, -0.15) is 0 Å². The van der Waals surface area contributed by atoms with Gasteiger partial charge < -0.3 is 5.11 Å². The smallest absolute Gasteiger partial charge is 0.163 e. The predicted molar refractivity (Wildman–Crippen MR) is 101 cm³/mol. The van der Waals surface area contributed by atoms with E-state index in [0.717, 1.165) is 12.0 Å². The summed E-state index contributed by atoms with van der Waals surface area (Å²) in [5, 5.41) is 9.57. The Morgan fingerprint density at radius 3 is 1.92 bits per heavy atom. The summed E-state index contributed by atoms with van der Waals surface area (Å²) in [5.41, 5.74) is 1.31. The Kier molecular flexibility index (Phi) is 9.80. The lowest BCUT2D eigenvalue weighted by atomic mass is 10.1. The fraction of sp³-hybridized carbons (Fsp3) is 0.227. The molecule has 0 bridgehead atoms. The van der Waals surface area contributed by atoms with Crippen molar-refractivity contribution in [1.29, 1.82) is 0 Å². The largest absolute Gasteiger partial charge is 0.388 e. The quantitative estimate of drug-likeness (QED) is 0.478. The van der Waals surface area contributed by atoms with Gasteiger partial charge in [0.15, 0.2) is 5.78 Å². The van der Waals surface area contributed by atoms with Gasteiger partial charge in [-0.1, -0.05) is 24.3 Å². The van der Waals surface area contributed by atoms with Crippen molar-refractivity contribution in [3.8, 4) is 0 Å². The van der Waals surface area contributed by atoms with Crippen LogP contribution in [0.15, 0.2) is 73.8 Å². The molecule has 0 aliphatic carbocycles. The number of aliphatic hydroxyl groups excluding tert-OH is 1. The summed E-state index contributed by atoms with van der Waals surface area (Å²) in [4.78, 5) is 11.3. The average molecular weight is 358 g/mol. The molecule has 1 unspecified atom stereocenters. The van der Waals surface area contributed by atoms with Gasteiger partial charge in [0.05, 0.1) is 6.10 Å². The predicted octanol–water partition coefficient (Wildman–Crippen LogP) is 5.80. The topological polar surface area (TPSA) is 37.3 Å². The highest BCUT2D eigenvalue weighted by molar-refractivity contribution is 5.96. The molecule has 0 aromatic heterocycles. The molecule has 0 saturated carbocycles. The van der Waals surface area contributed by atoms with Crippen molar-refractivity contribution in [3.63, 3.8) is 0 Å². The Morgan fingerprint density at radius 1 is 0.923 bits per heavy atom. The van der Waals surface area contributed by atoms with E-state index >= 15 is 0 Å². The molecule has 0 aliphatic heterocycles. The summed E-state index contributed by atoms with van der Waals surface area (Å²) in [6.07, 6.45) is 5.44. The number of hydrogen-bond donors (Lipinski definition) is 1. The third-order valence-electron chi connectivity index (χ3n) is 3.64. The lowest BCUT2D eigenvalue weighted by molar-refractivity contribution is 0.0983. The zero-order chi connectivity index (χ0) is 19.4. The maximum atomic E-state index is 12.5. The number of carbonyl (C=O) groups is 1. The number of hydrogen-bond acceptors (Lipinski definition) is 2. The highest BCUT2D eigenvalue weighted by atomic mass is 19.1. The third-order valence-corrected chi connectivity index (χ3v) is 3.64. The monoisotopic (exact) mass is 358 g/mol. The van der Waals surface area contributed by atoms with E-state index in [0.29, 0.717) is 24.8 Å². The number of rotatable bonds is 8. The molecule has 26 heavy (non-hydrogen) atoms. The summed E-state index contributed by atoms with van der Waals surface area (Å²) in [7, 11) is 0. The maximum Gasteiger partial charge on any atom is 0.163 e. The van der Waals surface area contributed by atoms with Gasteiger partial charge >= 0.3 is 0 Å². The van der Waals surface area contributed by atoms with Crippen LogP contribution in [0.3, 0.4) is 0 Å². The highest BCUT2D eigenvalue weighted by Crippen LogP contribution is 2.18. The average Bonchev–Trinajstić information content (AvgIpc) is 2.66. The van der Waals surface area contributed by atoms with Crippen LogP contribution in [0.4, 0.5) is 8.78 Å². The Hall–Kier alpha value is -2.59. The van der Waals surface area contributed by atoms with Crippen molar-refractivity contribution < 1.29 is 18.7 Å². The van der Waals surface area contributed by atoms with Crippen LogP contribution in [0.5, 0.6) is 0 Å². The van der Waals surface area contributed by atoms with E-state index < -0.39 is 6.10 Å².